The number of carbonyl (C=O) groups excluding carboxylic acids is 1. The Morgan fingerprint density at radius 2 is 2.18 bits per heavy atom. The van der Waals surface area contributed by atoms with E-state index in [1.165, 1.54) is 6.26 Å². The Kier molecular flexibility index (Phi) is 5.92. The van der Waals surface area contributed by atoms with Gasteiger partial charge in [-0.15, -0.1) is 12.4 Å². The van der Waals surface area contributed by atoms with Gasteiger partial charge in [-0.05, 0) is 27.6 Å². The summed E-state index contributed by atoms with van der Waals surface area (Å²) in [6.45, 7) is 2.09. The van der Waals surface area contributed by atoms with Crippen molar-refractivity contribution in [3.8, 4) is 0 Å². The third kappa shape index (κ3) is 3.49. The van der Waals surface area contributed by atoms with Crippen molar-refractivity contribution in [1.29, 1.82) is 0 Å². The summed E-state index contributed by atoms with van der Waals surface area (Å²) in [5.41, 5.74) is 1.50. The standard InChI is InChI=1S/C15H14BrClN2O2.ClH/c16-14-7-10(9-21-14)15(20)19-6-5-18-8-13(19)11-3-1-2-4-12(11)17;/h1-4,7,9,13,18H,5-6,8H2;1H. The molecular weight excluding hydrogens is 391 g/mol. The number of rotatable bonds is 2. The minimum Gasteiger partial charge on any atom is -0.457 e. The molecule has 7 heteroatoms. The molecule has 1 aromatic carbocycles. The zero-order valence-corrected chi connectivity index (χ0v) is 14.7. The zero-order valence-electron chi connectivity index (χ0n) is 11.6. The number of nitrogens with zero attached hydrogens (tertiary/aromatic N) is 1. The predicted molar refractivity (Wildman–Crippen MR) is 91.8 cm³/mol. The minimum absolute atomic E-state index is 0. The van der Waals surface area contributed by atoms with Crippen molar-refractivity contribution in [1.82, 2.24) is 10.2 Å². The molecule has 1 saturated heterocycles. The highest BCUT2D eigenvalue weighted by molar-refractivity contribution is 9.10. The first-order chi connectivity index (χ1) is 10.2. The molecule has 2 heterocycles. The Bertz CT molecular complexity index is 662. The Balaban J connectivity index is 0.00000176. The van der Waals surface area contributed by atoms with Crippen LogP contribution in [0.15, 0.2) is 45.7 Å². The highest BCUT2D eigenvalue weighted by atomic mass is 79.9. The van der Waals surface area contributed by atoms with E-state index in [0.717, 1.165) is 12.1 Å². The van der Waals surface area contributed by atoms with Gasteiger partial charge in [0.05, 0.1) is 11.6 Å². The minimum atomic E-state index is -0.0753. The van der Waals surface area contributed by atoms with Crippen molar-refractivity contribution < 1.29 is 9.21 Å². The van der Waals surface area contributed by atoms with E-state index in [2.05, 4.69) is 21.2 Å². The van der Waals surface area contributed by atoms with Crippen LogP contribution in [0.4, 0.5) is 0 Å². The number of benzene rings is 1. The van der Waals surface area contributed by atoms with Crippen molar-refractivity contribution in [3.05, 3.63) is 57.4 Å². The molecule has 22 heavy (non-hydrogen) atoms. The van der Waals surface area contributed by atoms with Crippen molar-refractivity contribution in [2.75, 3.05) is 19.6 Å². The lowest BCUT2D eigenvalue weighted by atomic mass is 10.0. The van der Waals surface area contributed by atoms with Gasteiger partial charge in [-0.1, -0.05) is 29.8 Å². The maximum Gasteiger partial charge on any atom is 0.257 e. The van der Waals surface area contributed by atoms with Crippen molar-refractivity contribution >= 4 is 45.8 Å². The van der Waals surface area contributed by atoms with Gasteiger partial charge >= 0.3 is 0 Å². The molecule has 118 valence electrons. The number of piperazine rings is 1. The van der Waals surface area contributed by atoms with Gasteiger partial charge in [0, 0.05) is 30.7 Å². The Hall–Kier alpha value is -1.01. The van der Waals surface area contributed by atoms with Crippen LogP contribution in [0.1, 0.15) is 22.0 Å². The summed E-state index contributed by atoms with van der Waals surface area (Å²) in [4.78, 5) is 14.5. The molecule has 0 radical (unpaired) electrons. The SMILES string of the molecule is Cl.O=C(c1coc(Br)c1)N1CCNCC1c1ccccc1Cl. The number of halogens is 3. The van der Waals surface area contributed by atoms with Crippen LogP contribution in [0.5, 0.6) is 0 Å². The molecule has 3 rings (SSSR count). The van der Waals surface area contributed by atoms with Crippen LogP contribution in [0.25, 0.3) is 0 Å². The highest BCUT2D eigenvalue weighted by Crippen LogP contribution is 2.30. The number of carbonyl (C=O) groups is 1. The number of nitrogens with one attached hydrogen (secondary N) is 1. The van der Waals surface area contributed by atoms with Crippen LogP contribution in [-0.2, 0) is 0 Å². The second-order valence-corrected chi connectivity index (χ2v) is 6.07. The molecule has 1 amide bonds. The lowest BCUT2D eigenvalue weighted by Gasteiger charge is -2.36. The van der Waals surface area contributed by atoms with Crippen LogP contribution in [0.2, 0.25) is 5.02 Å². The summed E-state index contributed by atoms with van der Waals surface area (Å²) < 4.78 is 5.72. The second-order valence-electron chi connectivity index (χ2n) is 4.88. The van der Waals surface area contributed by atoms with Crippen LogP contribution in [0.3, 0.4) is 0 Å². The van der Waals surface area contributed by atoms with Gasteiger partial charge in [0.2, 0.25) is 0 Å². The normalized spacial score (nSPS) is 17.9. The molecule has 1 aromatic heterocycles. The van der Waals surface area contributed by atoms with E-state index in [1.54, 1.807) is 6.07 Å². The molecule has 2 aromatic rings. The quantitative estimate of drug-likeness (QED) is 0.823. The maximum atomic E-state index is 12.7. The average molecular weight is 406 g/mol. The molecule has 4 nitrogen and oxygen atoms in total. The molecule has 1 unspecified atom stereocenters. The van der Waals surface area contributed by atoms with Gasteiger partial charge in [0.15, 0.2) is 4.67 Å². The first-order valence-corrected chi connectivity index (χ1v) is 7.84. The predicted octanol–water partition coefficient (Wildman–Crippen LogP) is 3.90. The fraction of sp³-hybridized carbons (Fsp3) is 0.267. The van der Waals surface area contributed by atoms with Crippen molar-refractivity contribution in [2.45, 2.75) is 6.04 Å². The summed E-state index contributed by atoms with van der Waals surface area (Å²) in [7, 11) is 0. The molecule has 1 aliphatic rings. The van der Waals surface area contributed by atoms with Gasteiger partial charge in [0.1, 0.15) is 6.26 Å². The molecule has 1 N–H and O–H groups in total. The highest BCUT2D eigenvalue weighted by Gasteiger charge is 2.30. The van der Waals surface area contributed by atoms with Gasteiger partial charge in [-0.25, -0.2) is 0 Å². The molecule has 0 saturated carbocycles. The summed E-state index contributed by atoms with van der Waals surface area (Å²) >= 11 is 9.51. The lowest BCUT2D eigenvalue weighted by molar-refractivity contribution is 0.0634. The fourth-order valence-corrected chi connectivity index (χ4v) is 3.16. The summed E-state index contributed by atoms with van der Waals surface area (Å²) in [6.07, 6.45) is 1.47. The Labute approximate surface area is 148 Å². The third-order valence-electron chi connectivity index (χ3n) is 3.58. The van der Waals surface area contributed by atoms with Gasteiger partial charge in [-0.2, -0.15) is 0 Å². The van der Waals surface area contributed by atoms with E-state index in [-0.39, 0.29) is 24.4 Å². The van der Waals surface area contributed by atoms with E-state index >= 15 is 0 Å². The van der Waals surface area contributed by atoms with Crippen molar-refractivity contribution in [2.24, 2.45) is 0 Å². The summed E-state index contributed by atoms with van der Waals surface area (Å²) in [6, 6.07) is 9.25. The van der Waals surface area contributed by atoms with Crippen LogP contribution >= 0.6 is 39.9 Å². The zero-order chi connectivity index (χ0) is 14.8. The fourth-order valence-electron chi connectivity index (χ4n) is 2.56. The number of amides is 1. The molecule has 0 bridgehead atoms. The van der Waals surface area contributed by atoms with E-state index in [0.29, 0.717) is 28.3 Å². The maximum absolute atomic E-state index is 12.7. The topological polar surface area (TPSA) is 45.5 Å². The first-order valence-electron chi connectivity index (χ1n) is 6.67. The summed E-state index contributed by atoms with van der Waals surface area (Å²) in [5.74, 6) is -0.0455. The van der Waals surface area contributed by atoms with E-state index in [4.69, 9.17) is 16.0 Å². The monoisotopic (exact) mass is 404 g/mol. The van der Waals surface area contributed by atoms with Crippen LogP contribution < -0.4 is 5.32 Å². The van der Waals surface area contributed by atoms with Gasteiger partial charge < -0.3 is 14.6 Å². The van der Waals surface area contributed by atoms with Crippen molar-refractivity contribution in [3.63, 3.8) is 0 Å². The van der Waals surface area contributed by atoms with Crippen LogP contribution in [0, 0.1) is 0 Å². The first kappa shape index (κ1) is 17.3. The molecule has 0 aliphatic carbocycles. The van der Waals surface area contributed by atoms with Gasteiger partial charge in [0.25, 0.3) is 5.91 Å². The molecule has 0 spiro atoms. The number of furan rings is 1. The molecular formula is C15H15BrCl2N2O2. The van der Waals surface area contributed by atoms with Gasteiger partial charge in [-0.3, -0.25) is 4.79 Å². The lowest BCUT2D eigenvalue weighted by Crippen LogP contribution is -2.48. The largest absolute Gasteiger partial charge is 0.457 e. The Morgan fingerprint density at radius 3 is 2.86 bits per heavy atom. The third-order valence-corrected chi connectivity index (χ3v) is 4.34. The number of hydrogen-bond donors (Lipinski definition) is 1. The molecule has 1 aliphatic heterocycles. The molecule has 1 fully saturated rings. The Morgan fingerprint density at radius 1 is 1.41 bits per heavy atom. The number of hydrogen-bond acceptors (Lipinski definition) is 3. The van der Waals surface area contributed by atoms with E-state index in [9.17, 15) is 4.79 Å². The van der Waals surface area contributed by atoms with E-state index < -0.39 is 0 Å². The second kappa shape index (κ2) is 7.51. The average Bonchev–Trinajstić information content (AvgIpc) is 2.94. The van der Waals surface area contributed by atoms with Crippen LogP contribution in [-0.4, -0.2) is 30.4 Å². The smallest absolute Gasteiger partial charge is 0.257 e. The summed E-state index contributed by atoms with van der Waals surface area (Å²) in [5, 5.41) is 3.99. The molecule has 1 atom stereocenters. The van der Waals surface area contributed by atoms with E-state index in [1.807, 2.05) is 29.2 Å².